The number of rotatable bonds is 5. The van der Waals surface area contributed by atoms with Gasteiger partial charge in [-0.15, -0.1) is 0 Å². The minimum atomic E-state index is -0.740. The van der Waals surface area contributed by atoms with Gasteiger partial charge in [0.05, 0.1) is 19.9 Å². The van der Waals surface area contributed by atoms with Crippen LogP contribution < -0.4 is 9.47 Å². The number of aliphatic hydroxyl groups excluding tert-OH is 1. The summed E-state index contributed by atoms with van der Waals surface area (Å²) in [7, 11) is 3.13. The van der Waals surface area contributed by atoms with E-state index in [4.69, 9.17) is 9.47 Å². The largest absolute Gasteiger partial charge is 0.497 e. The van der Waals surface area contributed by atoms with E-state index >= 15 is 0 Å². The highest BCUT2D eigenvalue weighted by atomic mass is 79.9. The highest BCUT2D eigenvalue weighted by molar-refractivity contribution is 9.10. The number of hydrogen-bond donors (Lipinski definition) is 1. The topological polar surface area (TPSA) is 64.5 Å². The molecule has 0 radical (unpaired) electrons. The molecular formula is C14H15BrN2O3. The maximum Gasteiger partial charge on any atom is 0.216 e. The van der Waals surface area contributed by atoms with E-state index in [2.05, 4.69) is 25.9 Å². The molecule has 1 atom stereocenters. The number of ether oxygens (including phenoxy) is 2. The maximum atomic E-state index is 10.3. The van der Waals surface area contributed by atoms with Crippen molar-refractivity contribution < 1.29 is 14.6 Å². The van der Waals surface area contributed by atoms with Gasteiger partial charge in [-0.1, -0.05) is 15.9 Å². The highest BCUT2D eigenvalue weighted by Crippen LogP contribution is 2.27. The van der Waals surface area contributed by atoms with E-state index in [1.54, 1.807) is 13.2 Å². The van der Waals surface area contributed by atoms with Crippen LogP contribution in [0.1, 0.15) is 17.4 Å². The lowest BCUT2D eigenvalue weighted by Crippen LogP contribution is -2.06. The number of nitrogens with zero attached hydrogens (tertiary/aromatic N) is 2. The fourth-order valence-electron chi connectivity index (χ4n) is 1.79. The molecule has 0 saturated heterocycles. The molecule has 1 N–H and O–H groups in total. The van der Waals surface area contributed by atoms with Crippen LogP contribution >= 0.6 is 15.9 Å². The average Bonchev–Trinajstić information content (AvgIpc) is 2.49. The molecule has 0 bridgehead atoms. The molecule has 20 heavy (non-hydrogen) atoms. The number of halogens is 1. The fourth-order valence-corrected chi connectivity index (χ4v) is 2.20. The summed E-state index contributed by atoms with van der Waals surface area (Å²) >= 11 is 3.46. The Balaban J connectivity index is 2.20. The molecule has 5 nitrogen and oxygen atoms in total. The first-order chi connectivity index (χ1) is 9.63. The number of methoxy groups -OCH3 is 2. The van der Waals surface area contributed by atoms with Gasteiger partial charge in [-0.2, -0.15) is 0 Å². The summed E-state index contributed by atoms with van der Waals surface area (Å²) in [6.07, 6.45) is 1.05. The van der Waals surface area contributed by atoms with Gasteiger partial charge >= 0.3 is 0 Å². The van der Waals surface area contributed by atoms with Crippen LogP contribution in [0.4, 0.5) is 0 Å². The lowest BCUT2D eigenvalue weighted by Gasteiger charge is -2.13. The molecule has 1 aromatic carbocycles. The van der Waals surface area contributed by atoms with Gasteiger partial charge in [-0.05, 0) is 23.8 Å². The molecule has 0 fully saturated rings. The zero-order valence-corrected chi connectivity index (χ0v) is 12.8. The van der Waals surface area contributed by atoms with Crippen molar-refractivity contribution in [3.05, 3.63) is 46.3 Å². The molecule has 0 spiro atoms. The highest BCUT2D eigenvalue weighted by Gasteiger charge is 2.14. The van der Waals surface area contributed by atoms with Crippen LogP contribution in [-0.2, 0) is 6.42 Å². The summed E-state index contributed by atoms with van der Waals surface area (Å²) in [5.41, 5.74) is 1.46. The molecular weight excluding hydrogens is 324 g/mol. The number of aromatic nitrogens is 2. The molecule has 2 rings (SSSR count). The molecule has 1 unspecified atom stereocenters. The second kappa shape index (κ2) is 6.67. The van der Waals surface area contributed by atoms with Crippen molar-refractivity contribution in [2.75, 3.05) is 14.2 Å². The summed E-state index contributed by atoms with van der Waals surface area (Å²) in [6.45, 7) is 0. The zero-order chi connectivity index (χ0) is 14.5. The van der Waals surface area contributed by atoms with Gasteiger partial charge in [0.25, 0.3) is 0 Å². The zero-order valence-electron chi connectivity index (χ0n) is 11.2. The van der Waals surface area contributed by atoms with E-state index < -0.39 is 6.10 Å². The molecule has 0 saturated carbocycles. The van der Waals surface area contributed by atoms with Crippen molar-refractivity contribution in [1.29, 1.82) is 0 Å². The van der Waals surface area contributed by atoms with E-state index in [1.165, 1.54) is 13.4 Å². The predicted octanol–water partition coefficient (Wildman–Crippen LogP) is 2.53. The summed E-state index contributed by atoms with van der Waals surface area (Å²) in [5, 5.41) is 10.3. The van der Waals surface area contributed by atoms with Gasteiger partial charge in [0.1, 0.15) is 18.2 Å². The quantitative estimate of drug-likeness (QED) is 0.907. The van der Waals surface area contributed by atoms with E-state index in [0.29, 0.717) is 18.0 Å². The van der Waals surface area contributed by atoms with Crippen molar-refractivity contribution in [2.45, 2.75) is 12.5 Å². The minimum absolute atomic E-state index is 0.415. The molecule has 0 aliphatic carbocycles. The Morgan fingerprint density at radius 3 is 2.70 bits per heavy atom. The fraction of sp³-hybridized carbons (Fsp3) is 0.286. The first-order valence-corrected chi connectivity index (χ1v) is 6.79. The van der Waals surface area contributed by atoms with Crippen molar-refractivity contribution in [3.8, 4) is 11.6 Å². The van der Waals surface area contributed by atoms with Crippen LogP contribution in [0.25, 0.3) is 0 Å². The van der Waals surface area contributed by atoms with Gasteiger partial charge < -0.3 is 14.6 Å². The number of benzene rings is 1. The molecule has 0 amide bonds. The van der Waals surface area contributed by atoms with Crippen LogP contribution in [0.15, 0.2) is 35.1 Å². The monoisotopic (exact) mass is 338 g/mol. The third-order valence-electron chi connectivity index (χ3n) is 2.88. The van der Waals surface area contributed by atoms with Crippen LogP contribution in [0.5, 0.6) is 11.6 Å². The third-order valence-corrected chi connectivity index (χ3v) is 3.65. The second-order valence-electron chi connectivity index (χ2n) is 4.16. The number of hydrogen-bond acceptors (Lipinski definition) is 5. The molecule has 0 aliphatic heterocycles. The molecule has 1 heterocycles. The smallest absolute Gasteiger partial charge is 0.216 e. The van der Waals surface area contributed by atoms with Crippen LogP contribution in [0.3, 0.4) is 0 Å². The van der Waals surface area contributed by atoms with Crippen LogP contribution in [-0.4, -0.2) is 29.3 Å². The van der Waals surface area contributed by atoms with Crippen molar-refractivity contribution >= 4 is 15.9 Å². The molecule has 6 heteroatoms. The van der Waals surface area contributed by atoms with Crippen molar-refractivity contribution in [1.82, 2.24) is 9.97 Å². The van der Waals surface area contributed by atoms with E-state index in [-0.39, 0.29) is 0 Å². The van der Waals surface area contributed by atoms with Crippen LogP contribution in [0.2, 0.25) is 0 Å². The normalized spacial score (nSPS) is 12.0. The van der Waals surface area contributed by atoms with Gasteiger partial charge in [-0.25, -0.2) is 9.97 Å². The Kier molecular flexibility index (Phi) is 4.92. The molecule has 106 valence electrons. The predicted molar refractivity (Wildman–Crippen MR) is 77.9 cm³/mol. The Morgan fingerprint density at radius 1 is 1.20 bits per heavy atom. The van der Waals surface area contributed by atoms with E-state index in [1.807, 2.05) is 18.2 Å². The average molecular weight is 339 g/mol. The van der Waals surface area contributed by atoms with Gasteiger partial charge in [0.2, 0.25) is 5.88 Å². The van der Waals surface area contributed by atoms with Crippen molar-refractivity contribution in [3.63, 3.8) is 0 Å². The van der Waals surface area contributed by atoms with Crippen molar-refractivity contribution in [2.24, 2.45) is 0 Å². The number of aliphatic hydroxyl groups is 1. The first kappa shape index (κ1) is 14.7. The minimum Gasteiger partial charge on any atom is -0.497 e. The Hall–Kier alpha value is -1.66. The SMILES string of the molecule is COc1ccc(Br)c(CC(O)c2cc(OC)ncn2)c1. The summed E-state index contributed by atoms with van der Waals surface area (Å²) < 4.78 is 11.1. The van der Waals surface area contributed by atoms with E-state index in [0.717, 1.165) is 15.8 Å². The molecule has 1 aromatic heterocycles. The molecule has 0 aliphatic rings. The Labute approximate surface area is 125 Å². The van der Waals surface area contributed by atoms with Gasteiger partial charge in [0, 0.05) is 17.0 Å². The Bertz CT molecular complexity index is 592. The molecule has 2 aromatic rings. The third kappa shape index (κ3) is 3.46. The second-order valence-corrected chi connectivity index (χ2v) is 5.02. The van der Waals surface area contributed by atoms with Crippen LogP contribution in [0, 0.1) is 0 Å². The van der Waals surface area contributed by atoms with Gasteiger partial charge in [-0.3, -0.25) is 0 Å². The lowest BCUT2D eigenvalue weighted by molar-refractivity contribution is 0.172. The summed E-state index contributed by atoms with van der Waals surface area (Å²) in [4.78, 5) is 7.99. The summed E-state index contributed by atoms with van der Waals surface area (Å²) in [5.74, 6) is 1.18. The summed E-state index contributed by atoms with van der Waals surface area (Å²) in [6, 6.07) is 7.25. The van der Waals surface area contributed by atoms with E-state index in [9.17, 15) is 5.11 Å². The first-order valence-electron chi connectivity index (χ1n) is 6.00. The standard InChI is InChI=1S/C14H15BrN2O3/c1-19-10-3-4-11(15)9(5-10)6-13(18)12-7-14(20-2)17-8-16-12/h3-5,7-8,13,18H,6H2,1-2H3. The van der Waals surface area contributed by atoms with Gasteiger partial charge in [0.15, 0.2) is 0 Å². The Morgan fingerprint density at radius 2 is 2.00 bits per heavy atom. The maximum absolute atomic E-state index is 10.3. The lowest BCUT2D eigenvalue weighted by atomic mass is 10.1.